The molecule has 0 atom stereocenters. The van der Waals surface area contributed by atoms with E-state index in [1.165, 1.54) is 0 Å². The van der Waals surface area contributed by atoms with Gasteiger partial charge in [0.2, 0.25) is 5.76 Å². The summed E-state index contributed by atoms with van der Waals surface area (Å²) in [5.41, 5.74) is 0.752. The fourth-order valence-corrected chi connectivity index (χ4v) is 1.43. The van der Waals surface area contributed by atoms with E-state index in [-0.39, 0.29) is 5.76 Å². The summed E-state index contributed by atoms with van der Waals surface area (Å²) >= 11 is 1.95. The zero-order chi connectivity index (χ0) is 8.43. The van der Waals surface area contributed by atoms with Crippen LogP contribution in [-0.2, 0) is 6.42 Å². The van der Waals surface area contributed by atoms with Crippen molar-refractivity contribution in [3.63, 3.8) is 0 Å². The van der Waals surface area contributed by atoms with E-state index in [4.69, 9.17) is 9.52 Å². The number of carbonyl (C=O) groups is 1. The molecule has 1 aromatic rings. The maximum Gasteiger partial charge on any atom is 0.372 e. The fraction of sp³-hybridized carbons (Fsp3) is 0.286. The van der Waals surface area contributed by atoms with Gasteiger partial charge in [-0.25, -0.2) is 4.79 Å². The largest absolute Gasteiger partial charge is 0.475 e. The molecule has 11 heavy (non-hydrogen) atoms. The standard InChI is InChI=1S/C7H7IO3/c1-2-4-3-5(8)11-6(4)7(9)10/h3H,2H2,1H3,(H,9,10). The molecule has 1 heterocycles. The number of aryl methyl sites for hydroxylation is 1. The number of carboxylic acid groups (broad SMARTS) is 1. The van der Waals surface area contributed by atoms with Crippen molar-refractivity contribution < 1.29 is 14.3 Å². The first-order valence-corrected chi connectivity index (χ1v) is 4.24. The number of halogens is 1. The lowest BCUT2D eigenvalue weighted by Gasteiger charge is -1.89. The molecule has 0 aliphatic carbocycles. The highest BCUT2D eigenvalue weighted by atomic mass is 127. The van der Waals surface area contributed by atoms with Crippen molar-refractivity contribution in [2.24, 2.45) is 0 Å². The molecule has 3 nitrogen and oxygen atoms in total. The van der Waals surface area contributed by atoms with Gasteiger partial charge in [0.15, 0.2) is 3.77 Å². The zero-order valence-electron chi connectivity index (χ0n) is 5.93. The van der Waals surface area contributed by atoms with E-state index < -0.39 is 5.97 Å². The lowest BCUT2D eigenvalue weighted by molar-refractivity contribution is 0.0659. The van der Waals surface area contributed by atoms with Crippen LogP contribution >= 0.6 is 22.6 Å². The summed E-state index contributed by atoms with van der Waals surface area (Å²) in [7, 11) is 0. The van der Waals surface area contributed by atoms with Gasteiger partial charge in [-0.2, -0.15) is 0 Å². The van der Waals surface area contributed by atoms with Gasteiger partial charge in [0.05, 0.1) is 0 Å². The Morgan fingerprint density at radius 3 is 2.82 bits per heavy atom. The first-order valence-electron chi connectivity index (χ1n) is 3.16. The number of hydrogen-bond acceptors (Lipinski definition) is 2. The van der Waals surface area contributed by atoms with Gasteiger partial charge in [-0.3, -0.25) is 0 Å². The highest BCUT2D eigenvalue weighted by molar-refractivity contribution is 14.1. The Kier molecular flexibility index (Phi) is 2.53. The summed E-state index contributed by atoms with van der Waals surface area (Å²) in [6, 6.07) is 1.74. The van der Waals surface area contributed by atoms with Crippen molar-refractivity contribution in [3.05, 3.63) is 21.2 Å². The van der Waals surface area contributed by atoms with E-state index >= 15 is 0 Å². The highest BCUT2D eigenvalue weighted by Crippen LogP contribution is 2.17. The zero-order valence-corrected chi connectivity index (χ0v) is 8.08. The lowest BCUT2D eigenvalue weighted by Crippen LogP contribution is -1.97. The van der Waals surface area contributed by atoms with Gasteiger partial charge in [-0.05, 0) is 35.1 Å². The van der Waals surface area contributed by atoms with Crippen LogP contribution in [0.1, 0.15) is 23.0 Å². The van der Waals surface area contributed by atoms with Crippen LogP contribution in [-0.4, -0.2) is 11.1 Å². The Morgan fingerprint density at radius 2 is 2.45 bits per heavy atom. The Labute approximate surface area is 77.5 Å². The van der Waals surface area contributed by atoms with Crippen LogP contribution in [0, 0.1) is 3.77 Å². The number of hydrogen-bond donors (Lipinski definition) is 1. The molecule has 1 N–H and O–H groups in total. The van der Waals surface area contributed by atoms with E-state index in [0.29, 0.717) is 10.2 Å². The summed E-state index contributed by atoms with van der Waals surface area (Å²) < 4.78 is 5.58. The topological polar surface area (TPSA) is 50.4 Å². The van der Waals surface area contributed by atoms with Crippen LogP contribution in [0.15, 0.2) is 10.5 Å². The molecule has 0 spiro atoms. The van der Waals surface area contributed by atoms with Crippen molar-refractivity contribution in [2.45, 2.75) is 13.3 Å². The molecule has 0 fully saturated rings. The van der Waals surface area contributed by atoms with Crippen LogP contribution < -0.4 is 0 Å². The second-order valence-electron chi connectivity index (χ2n) is 2.06. The van der Waals surface area contributed by atoms with Gasteiger partial charge in [-0.1, -0.05) is 6.92 Å². The smallest absolute Gasteiger partial charge is 0.372 e. The molecule has 0 saturated carbocycles. The summed E-state index contributed by atoms with van der Waals surface area (Å²) in [6.45, 7) is 1.90. The second-order valence-corrected chi connectivity index (χ2v) is 3.13. The Balaban J connectivity index is 3.12. The van der Waals surface area contributed by atoms with Gasteiger partial charge in [0, 0.05) is 5.56 Å². The molecule has 0 bridgehead atoms. The molecule has 1 rings (SSSR count). The van der Waals surface area contributed by atoms with Gasteiger partial charge in [0.25, 0.3) is 0 Å². The quantitative estimate of drug-likeness (QED) is 0.834. The molecule has 0 unspecified atom stereocenters. The lowest BCUT2D eigenvalue weighted by atomic mass is 10.2. The average molecular weight is 266 g/mol. The minimum atomic E-state index is -0.996. The maximum atomic E-state index is 10.5. The molecule has 0 amide bonds. The number of rotatable bonds is 2. The number of aromatic carboxylic acids is 1. The number of carboxylic acids is 1. The van der Waals surface area contributed by atoms with Gasteiger partial charge in [0.1, 0.15) is 0 Å². The fourth-order valence-electron chi connectivity index (χ4n) is 0.839. The first kappa shape index (κ1) is 8.58. The minimum Gasteiger partial charge on any atom is -0.475 e. The predicted octanol–water partition coefficient (Wildman–Crippen LogP) is 2.14. The third kappa shape index (κ3) is 1.74. The van der Waals surface area contributed by atoms with Gasteiger partial charge in [-0.15, -0.1) is 0 Å². The van der Waals surface area contributed by atoms with Crippen molar-refractivity contribution in [3.8, 4) is 0 Å². The van der Waals surface area contributed by atoms with Crippen molar-refractivity contribution >= 4 is 28.6 Å². The number of furan rings is 1. The molecule has 0 saturated heterocycles. The SMILES string of the molecule is CCc1cc(I)oc1C(=O)O. The van der Waals surface area contributed by atoms with E-state index in [2.05, 4.69) is 0 Å². The van der Waals surface area contributed by atoms with Crippen LogP contribution in [0.25, 0.3) is 0 Å². The van der Waals surface area contributed by atoms with Crippen molar-refractivity contribution in [2.75, 3.05) is 0 Å². The summed E-state index contributed by atoms with van der Waals surface area (Å²) in [4.78, 5) is 10.5. The van der Waals surface area contributed by atoms with Crippen LogP contribution in [0.2, 0.25) is 0 Å². The molecule has 0 radical (unpaired) electrons. The molecular weight excluding hydrogens is 259 g/mol. The predicted molar refractivity (Wildman–Crippen MR) is 47.8 cm³/mol. The average Bonchev–Trinajstić information content (AvgIpc) is 2.30. The third-order valence-electron chi connectivity index (χ3n) is 1.35. The monoisotopic (exact) mass is 266 g/mol. The molecule has 60 valence electrons. The normalized spacial score (nSPS) is 10.0. The highest BCUT2D eigenvalue weighted by Gasteiger charge is 2.14. The van der Waals surface area contributed by atoms with Gasteiger partial charge >= 0.3 is 5.97 Å². The van der Waals surface area contributed by atoms with Crippen LogP contribution in [0.3, 0.4) is 0 Å². The maximum absolute atomic E-state index is 10.5. The Morgan fingerprint density at radius 1 is 1.82 bits per heavy atom. The first-order chi connectivity index (χ1) is 5.15. The Bertz CT molecular complexity index is 277. The van der Waals surface area contributed by atoms with Crippen LogP contribution in [0.5, 0.6) is 0 Å². The molecule has 0 aromatic carbocycles. The molecule has 0 aliphatic rings. The molecular formula is C7H7IO3. The van der Waals surface area contributed by atoms with E-state index in [0.717, 1.165) is 5.56 Å². The van der Waals surface area contributed by atoms with Crippen LogP contribution in [0.4, 0.5) is 0 Å². The second kappa shape index (κ2) is 3.25. The summed E-state index contributed by atoms with van der Waals surface area (Å²) in [5, 5.41) is 8.61. The Hall–Kier alpha value is -0.520. The summed E-state index contributed by atoms with van der Waals surface area (Å²) in [6.07, 6.45) is 0.689. The van der Waals surface area contributed by atoms with E-state index in [1.54, 1.807) is 6.07 Å². The van der Waals surface area contributed by atoms with E-state index in [1.807, 2.05) is 29.5 Å². The minimum absolute atomic E-state index is 0.0666. The van der Waals surface area contributed by atoms with Gasteiger partial charge < -0.3 is 9.52 Å². The van der Waals surface area contributed by atoms with E-state index in [9.17, 15) is 4.79 Å². The molecule has 4 heteroatoms. The van der Waals surface area contributed by atoms with Crippen molar-refractivity contribution in [1.29, 1.82) is 0 Å². The van der Waals surface area contributed by atoms with Crippen molar-refractivity contribution in [1.82, 2.24) is 0 Å². The molecule has 1 aromatic heterocycles. The third-order valence-corrected chi connectivity index (χ3v) is 1.89. The molecule has 0 aliphatic heterocycles. The summed E-state index contributed by atoms with van der Waals surface area (Å²) in [5.74, 6) is -0.929.